The Bertz CT molecular complexity index is 469. The van der Waals surface area contributed by atoms with Gasteiger partial charge in [-0.1, -0.05) is 18.2 Å². The molecule has 90 valence electrons. The average Bonchev–Trinajstić information content (AvgIpc) is 2.58. The lowest BCUT2D eigenvalue weighted by atomic mass is 9.75. The summed E-state index contributed by atoms with van der Waals surface area (Å²) in [5, 5.41) is 12.4. The number of carbonyl (C=O) groups excluding carboxylic acids is 1. The van der Waals surface area contributed by atoms with Gasteiger partial charge >= 0.3 is 0 Å². The molecule has 2 aliphatic heterocycles. The largest absolute Gasteiger partial charge is 0.356 e. The summed E-state index contributed by atoms with van der Waals surface area (Å²) in [6.45, 7) is 0.982. The third kappa shape index (κ3) is 1.33. The second kappa shape index (κ2) is 3.53. The number of nitrogens with one attached hydrogen (secondary N) is 1. The Morgan fingerprint density at radius 2 is 2.18 bits per heavy atom. The minimum Gasteiger partial charge on any atom is -0.356 e. The van der Waals surface area contributed by atoms with Crippen LogP contribution in [0, 0.1) is 0 Å². The smallest absolute Gasteiger partial charge is 0.237 e. The summed E-state index contributed by atoms with van der Waals surface area (Å²) in [6.07, 6.45) is -0.929. The molecule has 0 aromatic heterocycles. The van der Waals surface area contributed by atoms with Gasteiger partial charge in [-0.25, -0.2) is 0 Å². The summed E-state index contributed by atoms with van der Waals surface area (Å²) >= 11 is 0. The van der Waals surface area contributed by atoms with Crippen LogP contribution in [0.15, 0.2) is 24.3 Å². The summed E-state index contributed by atoms with van der Waals surface area (Å²) in [5.41, 5.74) is 1.39. The number of likely N-dealkylation sites (tertiary alicyclic amines) is 1. The van der Waals surface area contributed by atoms with Gasteiger partial charge in [0.05, 0.1) is 0 Å². The number of nitrogens with zero attached hydrogens (tertiary/aromatic N) is 1. The Labute approximate surface area is 99.0 Å². The van der Waals surface area contributed by atoms with Gasteiger partial charge in [-0.3, -0.25) is 9.69 Å². The van der Waals surface area contributed by atoms with Crippen molar-refractivity contribution >= 4 is 11.6 Å². The van der Waals surface area contributed by atoms with Crippen LogP contribution in [0.25, 0.3) is 0 Å². The molecule has 1 unspecified atom stereocenters. The number of anilines is 1. The van der Waals surface area contributed by atoms with Crippen LogP contribution in [0.5, 0.6) is 0 Å². The molecule has 0 bridgehead atoms. The number of aliphatic hydroxyl groups is 1. The predicted octanol–water partition coefficient (Wildman–Crippen LogP) is 0.114. The first-order chi connectivity index (χ1) is 8.17. The van der Waals surface area contributed by atoms with Crippen LogP contribution in [0.2, 0.25) is 0 Å². The SMILES string of the molecule is COC(O)N1CC2(C1)C(=O)Nc1ccccc12. The second-order valence-electron chi connectivity index (χ2n) is 4.55. The molecule has 2 heterocycles. The minimum atomic E-state index is -0.929. The van der Waals surface area contributed by atoms with E-state index in [0.717, 1.165) is 11.3 Å². The van der Waals surface area contributed by atoms with E-state index in [9.17, 15) is 9.90 Å². The van der Waals surface area contributed by atoms with E-state index in [1.807, 2.05) is 24.3 Å². The monoisotopic (exact) mass is 234 g/mol. The third-order valence-electron chi connectivity index (χ3n) is 3.59. The Morgan fingerprint density at radius 1 is 1.47 bits per heavy atom. The van der Waals surface area contributed by atoms with E-state index in [2.05, 4.69) is 5.32 Å². The van der Waals surface area contributed by atoms with Gasteiger partial charge in [0.1, 0.15) is 5.41 Å². The van der Waals surface area contributed by atoms with Gasteiger partial charge in [0, 0.05) is 25.9 Å². The molecule has 1 aromatic carbocycles. The third-order valence-corrected chi connectivity index (χ3v) is 3.59. The number of hydrogen-bond donors (Lipinski definition) is 2. The molecule has 1 aromatic rings. The van der Waals surface area contributed by atoms with Gasteiger partial charge in [-0.15, -0.1) is 0 Å². The van der Waals surface area contributed by atoms with Crippen LogP contribution in [0.3, 0.4) is 0 Å². The summed E-state index contributed by atoms with van der Waals surface area (Å²) < 4.78 is 4.83. The van der Waals surface area contributed by atoms with E-state index >= 15 is 0 Å². The zero-order valence-electron chi connectivity index (χ0n) is 9.51. The highest BCUT2D eigenvalue weighted by molar-refractivity contribution is 6.07. The Morgan fingerprint density at radius 3 is 2.88 bits per heavy atom. The van der Waals surface area contributed by atoms with Crippen molar-refractivity contribution in [3.05, 3.63) is 29.8 Å². The predicted molar refractivity (Wildman–Crippen MR) is 61.3 cm³/mol. The van der Waals surface area contributed by atoms with Crippen LogP contribution < -0.4 is 5.32 Å². The highest BCUT2D eigenvalue weighted by atomic mass is 16.6. The molecule has 0 saturated carbocycles. The first kappa shape index (κ1) is 10.7. The number of methoxy groups -OCH3 is 1. The molecule has 2 N–H and O–H groups in total. The van der Waals surface area contributed by atoms with Crippen molar-refractivity contribution < 1.29 is 14.6 Å². The maximum Gasteiger partial charge on any atom is 0.237 e. The van der Waals surface area contributed by atoms with E-state index in [1.165, 1.54) is 7.11 Å². The minimum absolute atomic E-state index is 0.0123. The Kier molecular flexibility index (Phi) is 2.22. The lowest BCUT2D eigenvalue weighted by molar-refractivity contribution is -0.212. The van der Waals surface area contributed by atoms with Gasteiger partial charge in [-0.05, 0) is 11.6 Å². The number of hydrogen-bond acceptors (Lipinski definition) is 4. The number of rotatable bonds is 2. The zero-order chi connectivity index (χ0) is 12.0. The fourth-order valence-electron chi connectivity index (χ4n) is 2.64. The van der Waals surface area contributed by atoms with Crippen molar-refractivity contribution in [2.24, 2.45) is 0 Å². The fraction of sp³-hybridized carbons (Fsp3) is 0.417. The number of aliphatic hydroxyl groups excluding tert-OH is 1. The Hall–Kier alpha value is -1.43. The van der Waals surface area contributed by atoms with Crippen molar-refractivity contribution in [2.45, 2.75) is 11.8 Å². The molecule has 2 aliphatic rings. The summed E-state index contributed by atoms with van der Waals surface area (Å²) in [6, 6.07) is 7.69. The molecule has 5 heteroatoms. The second-order valence-corrected chi connectivity index (χ2v) is 4.55. The van der Waals surface area contributed by atoms with Crippen LogP contribution in [0.4, 0.5) is 5.69 Å². The molecule has 1 amide bonds. The first-order valence-corrected chi connectivity index (χ1v) is 5.53. The number of para-hydroxylation sites is 1. The molecular weight excluding hydrogens is 220 g/mol. The van der Waals surface area contributed by atoms with Crippen LogP contribution in [-0.2, 0) is 14.9 Å². The van der Waals surface area contributed by atoms with E-state index in [4.69, 9.17) is 4.74 Å². The van der Waals surface area contributed by atoms with Crippen LogP contribution in [0.1, 0.15) is 5.56 Å². The molecular formula is C12H14N2O3. The summed E-state index contributed by atoms with van der Waals surface area (Å²) in [4.78, 5) is 13.8. The summed E-state index contributed by atoms with van der Waals surface area (Å²) in [7, 11) is 1.44. The van der Waals surface area contributed by atoms with Gasteiger partial charge in [0.2, 0.25) is 12.3 Å². The standard InChI is InChI=1S/C12H14N2O3/c1-17-11(16)14-6-12(7-14)8-4-2-3-5-9(8)13-10(12)15/h2-5,11,16H,6-7H2,1H3,(H,13,15). The lowest BCUT2D eigenvalue weighted by Crippen LogP contribution is -2.65. The molecule has 5 nitrogen and oxygen atoms in total. The van der Waals surface area contributed by atoms with E-state index in [1.54, 1.807) is 4.90 Å². The summed E-state index contributed by atoms with van der Waals surface area (Å²) in [5.74, 6) is 0.0123. The van der Waals surface area contributed by atoms with E-state index < -0.39 is 11.8 Å². The van der Waals surface area contributed by atoms with E-state index in [-0.39, 0.29) is 5.91 Å². The van der Waals surface area contributed by atoms with Crippen molar-refractivity contribution in [3.63, 3.8) is 0 Å². The van der Waals surface area contributed by atoms with Crippen molar-refractivity contribution in [1.29, 1.82) is 0 Å². The molecule has 1 atom stereocenters. The van der Waals surface area contributed by atoms with Gasteiger partial charge in [0.15, 0.2) is 0 Å². The van der Waals surface area contributed by atoms with Crippen LogP contribution in [-0.4, -0.2) is 42.5 Å². The quantitative estimate of drug-likeness (QED) is 0.713. The molecule has 1 saturated heterocycles. The maximum atomic E-state index is 12.0. The molecule has 1 fully saturated rings. The highest BCUT2D eigenvalue weighted by Gasteiger charge is 2.56. The highest BCUT2D eigenvalue weighted by Crippen LogP contribution is 2.44. The van der Waals surface area contributed by atoms with E-state index in [0.29, 0.717) is 13.1 Å². The zero-order valence-corrected chi connectivity index (χ0v) is 9.51. The first-order valence-electron chi connectivity index (χ1n) is 5.53. The molecule has 3 rings (SSSR count). The molecule has 1 spiro atoms. The van der Waals surface area contributed by atoms with Crippen molar-refractivity contribution in [2.75, 3.05) is 25.5 Å². The number of benzene rings is 1. The Balaban J connectivity index is 1.89. The normalized spacial score (nSPS) is 23.1. The molecule has 0 aliphatic carbocycles. The van der Waals surface area contributed by atoms with Gasteiger partial charge in [-0.2, -0.15) is 0 Å². The number of carbonyl (C=O) groups is 1. The van der Waals surface area contributed by atoms with Crippen molar-refractivity contribution in [3.8, 4) is 0 Å². The topological polar surface area (TPSA) is 61.8 Å². The average molecular weight is 234 g/mol. The maximum absolute atomic E-state index is 12.0. The number of amides is 1. The fourth-order valence-corrected chi connectivity index (χ4v) is 2.64. The van der Waals surface area contributed by atoms with Crippen LogP contribution >= 0.6 is 0 Å². The number of fused-ring (bicyclic) bond motifs is 2. The molecule has 17 heavy (non-hydrogen) atoms. The van der Waals surface area contributed by atoms with Crippen molar-refractivity contribution in [1.82, 2.24) is 4.90 Å². The van der Waals surface area contributed by atoms with Gasteiger partial charge in [0.25, 0.3) is 0 Å². The molecule has 0 radical (unpaired) electrons. The lowest BCUT2D eigenvalue weighted by Gasteiger charge is -2.47. The number of ether oxygens (including phenoxy) is 1. The van der Waals surface area contributed by atoms with Gasteiger partial charge < -0.3 is 15.2 Å².